The molecule has 9 nitrogen and oxygen atoms in total. The Bertz CT molecular complexity index is 1320. The molecule has 0 saturated heterocycles. The van der Waals surface area contributed by atoms with Crippen molar-refractivity contribution in [1.82, 2.24) is 10.3 Å². The van der Waals surface area contributed by atoms with Gasteiger partial charge < -0.3 is 21.5 Å². The maximum atomic E-state index is 13.6. The number of aromatic nitrogens is 1. The Morgan fingerprint density at radius 2 is 1.81 bits per heavy atom. The first-order chi connectivity index (χ1) is 15.4. The zero-order valence-electron chi connectivity index (χ0n) is 16.2. The van der Waals surface area contributed by atoms with Gasteiger partial charge in [0.15, 0.2) is 6.19 Å². The Morgan fingerprint density at radius 3 is 2.50 bits per heavy atom. The standard InChI is InChI=1S/C21H14F2N8O/c22-10-5-11(23)7-12(6-10)32-15-4-2-1-3-13(15)18-16-17(26)14(8-24)19(27)30-20(16)31-21(29-18)28-9-25/h1-7,18H,(H6,26,27,28,29,30,31). The summed E-state index contributed by atoms with van der Waals surface area (Å²) in [5.74, 6) is -1.27. The van der Waals surface area contributed by atoms with E-state index in [0.717, 1.165) is 18.2 Å². The van der Waals surface area contributed by atoms with E-state index in [-0.39, 0.29) is 40.3 Å². The summed E-state index contributed by atoms with van der Waals surface area (Å²) in [6, 6.07) is 10.5. The van der Waals surface area contributed by atoms with Crippen LogP contribution < -0.4 is 26.8 Å². The van der Waals surface area contributed by atoms with Crippen LogP contribution in [0.3, 0.4) is 0 Å². The lowest BCUT2D eigenvalue weighted by molar-refractivity contribution is 0.461. The number of rotatable bonds is 3. The largest absolute Gasteiger partial charge is 0.457 e. The molecule has 2 heterocycles. The number of nitrogen functional groups attached to an aromatic ring is 2. The molecule has 0 aliphatic carbocycles. The number of pyridine rings is 1. The summed E-state index contributed by atoms with van der Waals surface area (Å²) in [4.78, 5) is 8.64. The van der Waals surface area contributed by atoms with Crippen molar-refractivity contribution in [2.24, 2.45) is 4.99 Å². The predicted molar refractivity (Wildman–Crippen MR) is 112 cm³/mol. The Hall–Kier alpha value is -4.90. The highest BCUT2D eigenvalue weighted by Gasteiger charge is 2.31. The van der Waals surface area contributed by atoms with E-state index in [0.29, 0.717) is 11.1 Å². The summed E-state index contributed by atoms with van der Waals surface area (Å²) >= 11 is 0. The molecule has 0 spiro atoms. The lowest BCUT2D eigenvalue weighted by Gasteiger charge is -2.27. The van der Waals surface area contributed by atoms with Gasteiger partial charge >= 0.3 is 0 Å². The maximum absolute atomic E-state index is 13.6. The van der Waals surface area contributed by atoms with E-state index in [1.807, 2.05) is 6.07 Å². The number of hydrogen-bond donors (Lipinski definition) is 4. The van der Waals surface area contributed by atoms with Crippen molar-refractivity contribution in [2.45, 2.75) is 6.04 Å². The van der Waals surface area contributed by atoms with Gasteiger partial charge in [0.2, 0.25) is 5.96 Å². The number of nitrogens with zero attached hydrogens (tertiary/aromatic N) is 4. The molecule has 4 rings (SSSR count). The minimum atomic E-state index is -0.878. The van der Waals surface area contributed by atoms with Crippen LogP contribution in [-0.2, 0) is 0 Å². The average Bonchev–Trinajstić information content (AvgIpc) is 2.73. The Kier molecular flexibility index (Phi) is 5.15. The molecule has 11 heteroatoms. The third kappa shape index (κ3) is 3.66. The fourth-order valence-corrected chi connectivity index (χ4v) is 3.32. The summed E-state index contributed by atoms with van der Waals surface area (Å²) in [5, 5.41) is 23.7. The van der Waals surface area contributed by atoms with Crippen LogP contribution in [0, 0.1) is 34.4 Å². The lowest BCUT2D eigenvalue weighted by atomic mass is 9.94. The number of anilines is 3. The highest BCUT2D eigenvalue weighted by Crippen LogP contribution is 2.43. The van der Waals surface area contributed by atoms with Crippen molar-refractivity contribution >= 4 is 23.3 Å². The first kappa shape index (κ1) is 20.4. The smallest absolute Gasteiger partial charge is 0.211 e. The number of nitrogens with one attached hydrogen (secondary N) is 2. The van der Waals surface area contributed by atoms with Gasteiger partial charge in [-0.3, -0.25) is 5.32 Å². The maximum Gasteiger partial charge on any atom is 0.211 e. The number of aliphatic imine (C=N–C) groups is 1. The molecule has 0 bridgehead atoms. The number of hydrogen-bond acceptors (Lipinski definition) is 9. The van der Waals surface area contributed by atoms with Gasteiger partial charge in [0, 0.05) is 29.3 Å². The molecule has 1 atom stereocenters. The third-order valence-electron chi connectivity index (χ3n) is 4.64. The fourth-order valence-electron chi connectivity index (χ4n) is 3.32. The minimum absolute atomic E-state index is 0.0203. The molecular weight excluding hydrogens is 418 g/mol. The van der Waals surface area contributed by atoms with Crippen molar-refractivity contribution < 1.29 is 13.5 Å². The van der Waals surface area contributed by atoms with E-state index in [1.54, 1.807) is 30.5 Å². The Labute approximate surface area is 180 Å². The van der Waals surface area contributed by atoms with Crippen molar-refractivity contribution in [2.75, 3.05) is 16.8 Å². The van der Waals surface area contributed by atoms with E-state index in [4.69, 9.17) is 21.5 Å². The van der Waals surface area contributed by atoms with Crippen LogP contribution in [0.5, 0.6) is 11.5 Å². The van der Waals surface area contributed by atoms with Crippen molar-refractivity contribution in [3.05, 3.63) is 70.8 Å². The van der Waals surface area contributed by atoms with Gasteiger partial charge in [0.05, 0.1) is 5.69 Å². The van der Waals surface area contributed by atoms with Gasteiger partial charge in [0.1, 0.15) is 52.4 Å². The van der Waals surface area contributed by atoms with Crippen LogP contribution in [0.15, 0.2) is 47.5 Å². The highest BCUT2D eigenvalue weighted by molar-refractivity contribution is 5.98. The number of fused-ring (bicyclic) bond motifs is 1. The number of halogens is 2. The van der Waals surface area contributed by atoms with Gasteiger partial charge in [-0.15, -0.1) is 0 Å². The lowest BCUT2D eigenvalue weighted by Crippen LogP contribution is -2.32. The number of guanidine groups is 1. The first-order valence-corrected chi connectivity index (χ1v) is 9.13. The Balaban J connectivity index is 1.88. The molecule has 0 amide bonds. The minimum Gasteiger partial charge on any atom is -0.457 e. The molecule has 0 fully saturated rings. The van der Waals surface area contributed by atoms with Crippen LogP contribution in [0.2, 0.25) is 0 Å². The van der Waals surface area contributed by atoms with Gasteiger partial charge in [-0.05, 0) is 6.07 Å². The molecule has 1 aliphatic rings. The van der Waals surface area contributed by atoms with Crippen molar-refractivity contribution in [3.8, 4) is 23.8 Å². The average molecular weight is 432 g/mol. The van der Waals surface area contributed by atoms with Gasteiger partial charge in [-0.1, -0.05) is 18.2 Å². The van der Waals surface area contributed by atoms with E-state index >= 15 is 0 Å². The van der Waals surface area contributed by atoms with E-state index in [1.165, 1.54) is 0 Å². The second kappa shape index (κ2) is 8.08. The second-order valence-corrected chi connectivity index (χ2v) is 6.65. The van der Waals surface area contributed by atoms with Crippen LogP contribution in [0.25, 0.3) is 0 Å². The molecule has 3 aromatic rings. The van der Waals surface area contributed by atoms with Crippen LogP contribution in [0.4, 0.5) is 26.1 Å². The van der Waals surface area contributed by atoms with E-state index < -0.39 is 17.7 Å². The normalized spacial score (nSPS) is 14.2. The molecule has 32 heavy (non-hydrogen) atoms. The molecule has 158 valence electrons. The first-order valence-electron chi connectivity index (χ1n) is 9.13. The number of benzene rings is 2. The molecule has 0 saturated carbocycles. The number of ether oxygens (including phenoxy) is 1. The zero-order chi connectivity index (χ0) is 22.8. The molecule has 1 aliphatic heterocycles. The second-order valence-electron chi connectivity index (χ2n) is 6.65. The number of nitriles is 2. The zero-order valence-corrected chi connectivity index (χ0v) is 16.2. The quantitative estimate of drug-likeness (QED) is 0.363. The van der Waals surface area contributed by atoms with E-state index in [9.17, 15) is 14.0 Å². The van der Waals surface area contributed by atoms with Gasteiger partial charge in [0.25, 0.3) is 0 Å². The molecule has 1 unspecified atom stereocenters. The monoisotopic (exact) mass is 432 g/mol. The van der Waals surface area contributed by atoms with Crippen molar-refractivity contribution in [1.29, 1.82) is 10.5 Å². The van der Waals surface area contributed by atoms with Gasteiger partial charge in [-0.2, -0.15) is 10.5 Å². The third-order valence-corrected chi connectivity index (χ3v) is 4.64. The molecular formula is C21H14F2N8O. The molecule has 1 aromatic heterocycles. The SMILES string of the molecule is N#CNC1=NC(c2ccccc2Oc2cc(F)cc(F)c2)c2c(nc(N)c(C#N)c2N)N1. The van der Waals surface area contributed by atoms with Crippen molar-refractivity contribution in [3.63, 3.8) is 0 Å². The van der Waals surface area contributed by atoms with Gasteiger partial charge in [-0.25, -0.2) is 18.8 Å². The van der Waals surface area contributed by atoms with Crippen LogP contribution in [0.1, 0.15) is 22.7 Å². The topological polar surface area (TPSA) is 158 Å². The highest BCUT2D eigenvalue weighted by atomic mass is 19.1. The number of para-hydroxylation sites is 1. The summed E-state index contributed by atoms with van der Waals surface area (Å²) < 4.78 is 33.0. The predicted octanol–water partition coefficient (Wildman–Crippen LogP) is 3.13. The number of nitrogens with two attached hydrogens (primary N) is 2. The summed E-state index contributed by atoms with van der Waals surface area (Å²) in [6.07, 6.45) is 1.76. The van der Waals surface area contributed by atoms with Crippen LogP contribution >= 0.6 is 0 Å². The fraction of sp³-hybridized carbons (Fsp3) is 0.0476. The summed E-state index contributed by atoms with van der Waals surface area (Å²) in [5.41, 5.74) is 12.9. The molecule has 2 aromatic carbocycles. The van der Waals surface area contributed by atoms with Crippen LogP contribution in [-0.4, -0.2) is 10.9 Å². The molecule has 0 radical (unpaired) electrons. The van der Waals surface area contributed by atoms with E-state index in [2.05, 4.69) is 20.6 Å². The molecule has 6 N–H and O–H groups in total. The summed E-state index contributed by atoms with van der Waals surface area (Å²) in [7, 11) is 0. The Morgan fingerprint density at radius 1 is 1.09 bits per heavy atom. The summed E-state index contributed by atoms with van der Waals surface area (Å²) in [6.45, 7) is 0.